The molecule has 19 heavy (non-hydrogen) atoms. The quantitative estimate of drug-likeness (QED) is 0.855. The van der Waals surface area contributed by atoms with Crippen LogP contribution in [0.3, 0.4) is 0 Å². The van der Waals surface area contributed by atoms with Crippen molar-refractivity contribution in [1.82, 2.24) is 0 Å². The fraction of sp³-hybridized carbons (Fsp3) is 0.533. The van der Waals surface area contributed by atoms with Crippen molar-refractivity contribution in [3.05, 3.63) is 30.3 Å². The number of benzene rings is 1. The van der Waals surface area contributed by atoms with Crippen LogP contribution in [0, 0.1) is 0 Å². The second-order valence-electron chi connectivity index (χ2n) is 5.38. The maximum absolute atomic E-state index is 11.9. The molecule has 1 unspecified atom stereocenters. The molecule has 1 aliphatic rings. The largest absolute Gasteiger partial charge is 0.367 e. The van der Waals surface area contributed by atoms with Crippen LogP contribution in [0.4, 0.5) is 5.69 Å². The van der Waals surface area contributed by atoms with Crippen molar-refractivity contribution in [2.75, 3.05) is 11.9 Å². The average molecular weight is 262 g/mol. The van der Waals surface area contributed by atoms with Crippen LogP contribution in [0.15, 0.2) is 30.3 Å². The Labute approximate surface area is 114 Å². The molecule has 1 atom stereocenters. The molecule has 4 heteroatoms. The molecule has 0 saturated heterocycles. The second-order valence-corrected chi connectivity index (χ2v) is 5.38. The van der Waals surface area contributed by atoms with Gasteiger partial charge in [-0.1, -0.05) is 31.0 Å². The molecule has 1 aliphatic carbocycles. The third-order valence-electron chi connectivity index (χ3n) is 3.63. The zero-order chi connectivity index (χ0) is 13.7. The van der Waals surface area contributed by atoms with Gasteiger partial charge >= 0.3 is 0 Å². The number of rotatable bonds is 5. The van der Waals surface area contributed by atoms with E-state index in [1.54, 1.807) is 6.92 Å². The number of amides is 1. The molecule has 1 aromatic carbocycles. The molecular weight excluding hydrogens is 240 g/mol. The summed E-state index contributed by atoms with van der Waals surface area (Å²) in [7, 11) is 0. The molecule has 0 aromatic heterocycles. The van der Waals surface area contributed by atoms with Crippen molar-refractivity contribution in [3.63, 3.8) is 0 Å². The third-order valence-corrected chi connectivity index (χ3v) is 3.63. The maximum Gasteiger partial charge on any atom is 0.253 e. The van der Waals surface area contributed by atoms with Crippen molar-refractivity contribution in [1.29, 1.82) is 0 Å². The minimum absolute atomic E-state index is 0.132. The molecule has 0 bridgehead atoms. The SMILES string of the molecule is CC(OCC1(N)CCCC1)C(=O)Nc1ccccc1. The number of hydrogen-bond acceptors (Lipinski definition) is 3. The van der Waals surface area contributed by atoms with E-state index in [1.165, 1.54) is 0 Å². The van der Waals surface area contributed by atoms with Gasteiger partial charge in [-0.2, -0.15) is 0 Å². The summed E-state index contributed by atoms with van der Waals surface area (Å²) in [5.41, 5.74) is 6.75. The molecule has 0 spiro atoms. The Morgan fingerprint density at radius 1 is 1.37 bits per heavy atom. The lowest BCUT2D eigenvalue weighted by atomic mass is 10.0. The first-order valence-electron chi connectivity index (χ1n) is 6.85. The van der Waals surface area contributed by atoms with E-state index in [1.807, 2.05) is 30.3 Å². The highest BCUT2D eigenvalue weighted by Crippen LogP contribution is 2.27. The highest BCUT2D eigenvalue weighted by atomic mass is 16.5. The van der Waals surface area contributed by atoms with Gasteiger partial charge in [-0.05, 0) is 31.9 Å². The zero-order valence-electron chi connectivity index (χ0n) is 11.4. The van der Waals surface area contributed by atoms with Crippen molar-refractivity contribution >= 4 is 11.6 Å². The van der Waals surface area contributed by atoms with Gasteiger partial charge in [0.05, 0.1) is 6.61 Å². The Bertz CT molecular complexity index is 413. The van der Waals surface area contributed by atoms with Gasteiger partial charge < -0.3 is 15.8 Å². The maximum atomic E-state index is 11.9. The van der Waals surface area contributed by atoms with E-state index in [9.17, 15) is 4.79 Å². The summed E-state index contributed by atoms with van der Waals surface area (Å²) in [6.45, 7) is 2.22. The van der Waals surface area contributed by atoms with E-state index >= 15 is 0 Å². The fourth-order valence-electron chi connectivity index (χ4n) is 2.36. The highest BCUT2D eigenvalue weighted by Gasteiger charge is 2.30. The first kappa shape index (κ1) is 14.0. The Morgan fingerprint density at radius 3 is 2.63 bits per heavy atom. The molecule has 2 rings (SSSR count). The molecule has 1 fully saturated rings. The fourth-order valence-corrected chi connectivity index (χ4v) is 2.36. The number of nitrogens with one attached hydrogen (secondary N) is 1. The molecule has 104 valence electrons. The molecule has 1 saturated carbocycles. The topological polar surface area (TPSA) is 64.3 Å². The predicted molar refractivity (Wildman–Crippen MR) is 75.9 cm³/mol. The average Bonchev–Trinajstić information content (AvgIpc) is 2.84. The summed E-state index contributed by atoms with van der Waals surface area (Å²) >= 11 is 0. The molecule has 1 aromatic rings. The minimum Gasteiger partial charge on any atom is -0.367 e. The summed E-state index contributed by atoms with van der Waals surface area (Å²) in [5.74, 6) is -0.132. The molecule has 0 radical (unpaired) electrons. The van der Waals surface area contributed by atoms with Crippen molar-refractivity contribution in [2.45, 2.75) is 44.2 Å². The molecule has 4 nitrogen and oxygen atoms in total. The van der Waals surface area contributed by atoms with Gasteiger partial charge in [0, 0.05) is 11.2 Å². The normalized spacial score (nSPS) is 19.1. The lowest BCUT2D eigenvalue weighted by molar-refractivity contribution is -0.127. The van der Waals surface area contributed by atoms with E-state index in [2.05, 4.69) is 5.32 Å². The number of hydrogen-bond donors (Lipinski definition) is 2. The van der Waals surface area contributed by atoms with Crippen LogP contribution in [0.1, 0.15) is 32.6 Å². The summed E-state index contributed by atoms with van der Waals surface area (Å²) in [6.07, 6.45) is 3.80. The number of ether oxygens (including phenoxy) is 1. The van der Waals surface area contributed by atoms with Gasteiger partial charge in [0.1, 0.15) is 6.10 Å². The summed E-state index contributed by atoms with van der Waals surface area (Å²) in [4.78, 5) is 11.9. The number of para-hydroxylation sites is 1. The molecule has 3 N–H and O–H groups in total. The van der Waals surface area contributed by atoms with E-state index < -0.39 is 6.10 Å². The Kier molecular flexibility index (Phi) is 4.56. The monoisotopic (exact) mass is 262 g/mol. The Morgan fingerprint density at radius 2 is 2.00 bits per heavy atom. The highest BCUT2D eigenvalue weighted by molar-refractivity contribution is 5.93. The van der Waals surface area contributed by atoms with Crippen LogP contribution in [0.2, 0.25) is 0 Å². The van der Waals surface area contributed by atoms with Crippen LogP contribution in [-0.2, 0) is 9.53 Å². The van der Waals surface area contributed by atoms with Gasteiger partial charge in [-0.15, -0.1) is 0 Å². The minimum atomic E-state index is -0.485. The van der Waals surface area contributed by atoms with Gasteiger partial charge in [0.2, 0.25) is 0 Å². The van der Waals surface area contributed by atoms with Crippen molar-refractivity contribution < 1.29 is 9.53 Å². The first-order valence-corrected chi connectivity index (χ1v) is 6.85. The second kappa shape index (κ2) is 6.17. The molecule has 0 aliphatic heterocycles. The molecular formula is C15H22N2O2. The van der Waals surface area contributed by atoms with Crippen molar-refractivity contribution in [3.8, 4) is 0 Å². The van der Waals surface area contributed by atoms with E-state index in [0.29, 0.717) is 6.61 Å². The lowest BCUT2D eigenvalue weighted by Gasteiger charge is -2.25. The third kappa shape index (κ3) is 4.04. The predicted octanol–water partition coefficient (Wildman–Crippen LogP) is 2.30. The van der Waals surface area contributed by atoms with Gasteiger partial charge in [-0.25, -0.2) is 0 Å². The van der Waals surface area contributed by atoms with Gasteiger partial charge in [0.25, 0.3) is 5.91 Å². The van der Waals surface area contributed by atoms with Crippen LogP contribution in [-0.4, -0.2) is 24.2 Å². The first-order chi connectivity index (χ1) is 9.09. The van der Waals surface area contributed by atoms with E-state index in [4.69, 9.17) is 10.5 Å². The molecule has 0 heterocycles. The summed E-state index contributed by atoms with van der Waals surface area (Å²) < 4.78 is 5.63. The number of anilines is 1. The Hall–Kier alpha value is -1.39. The van der Waals surface area contributed by atoms with Gasteiger partial charge in [0.15, 0.2) is 0 Å². The van der Waals surface area contributed by atoms with Crippen LogP contribution in [0.5, 0.6) is 0 Å². The number of carbonyl (C=O) groups is 1. The Balaban J connectivity index is 1.79. The molecule has 1 amide bonds. The van der Waals surface area contributed by atoms with Gasteiger partial charge in [-0.3, -0.25) is 4.79 Å². The summed E-state index contributed by atoms with van der Waals surface area (Å²) in [6, 6.07) is 9.38. The summed E-state index contributed by atoms with van der Waals surface area (Å²) in [5, 5.41) is 2.82. The van der Waals surface area contributed by atoms with Crippen LogP contribution in [0.25, 0.3) is 0 Å². The van der Waals surface area contributed by atoms with Crippen LogP contribution >= 0.6 is 0 Å². The zero-order valence-corrected chi connectivity index (χ0v) is 11.4. The number of carbonyl (C=O) groups excluding carboxylic acids is 1. The van der Waals surface area contributed by atoms with Crippen LogP contribution < -0.4 is 11.1 Å². The standard InChI is InChI=1S/C15H22N2O2/c1-12(19-11-15(16)9-5-6-10-15)14(18)17-13-7-3-2-4-8-13/h2-4,7-8,12H,5-6,9-11,16H2,1H3,(H,17,18). The van der Waals surface area contributed by atoms with E-state index in [-0.39, 0.29) is 11.4 Å². The number of nitrogens with two attached hydrogens (primary N) is 1. The van der Waals surface area contributed by atoms with Crippen molar-refractivity contribution in [2.24, 2.45) is 5.73 Å². The lowest BCUT2D eigenvalue weighted by Crippen LogP contribution is -2.43. The van der Waals surface area contributed by atoms with E-state index in [0.717, 1.165) is 31.4 Å². The smallest absolute Gasteiger partial charge is 0.253 e.